The van der Waals surface area contributed by atoms with Gasteiger partial charge < -0.3 is 5.32 Å². The Balaban J connectivity index is 1.60. The number of carbonyl (C=O) groups excluding carboxylic acids is 1. The SMILES string of the molecule is Cc1ccc(C(=O)Nc2cc(C(F)(F)F)cnn2)cc1-n1cc(-c2cccnc2)cn1. The number of anilines is 1. The summed E-state index contributed by atoms with van der Waals surface area (Å²) in [6, 6.07) is 9.36. The van der Waals surface area contributed by atoms with Gasteiger partial charge in [0.05, 0.1) is 23.6 Å². The first kappa shape index (κ1) is 20.2. The molecule has 0 saturated heterocycles. The van der Waals surface area contributed by atoms with E-state index in [0.717, 1.165) is 22.8 Å². The van der Waals surface area contributed by atoms with Gasteiger partial charge in [0.15, 0.2) is 5.82 Å². The number of nitrogens with zero attached hydrogens (tertiary/aromatic N) is 5. The zero-order chi connectivity index (χ0) is 22.0. The van der Waals surface area contributed by atoms with E-state index < -0.39 is 17.6 Å². The summed E-state index contributed by atoms with van der Waals surface area (Å²) >= 11 is 0. The van der Waals surface area contributed by atoms with E-state index in [4.69, 9.17) is 0 Å². The summed E-state index contributed by atoms with van der Waals surface area (Å²) in [4.78, 5) is 16.7. The van der Waals surface area contributed by atoms with E-state index in [1.165, 1.54) is 0 Å². The highest BCUT2D eigenvalue weighted by atomic mass is 19.4. The molecule has 0 bridgehead atoms. The molecular weight excluding hydrogens is 409 g/mol. The molecule has 10 heteroatoms. The largest absolute Gasteiger partial charge is 0.418 e. The fourth-order valence-electron chi connectivity index (χ4n) is 2.91. The van der Waals surface area contributed by atoms with Gasteiger partial charge >= 0.3 is 6.18 Å². The van der Waals surface area contributed by atoms with E-state index >= 15 is 0 Å². The number of benzene rings is 1. The Labute approximate surface area is 174 Å². The van der Waals surface area contributed by atoms with Crippen LogP contribution in [-0.2, 0) is 6.18 Å². The summed E-state index contributed by atoms with van der Waals surface area (Å²) in [6.45, 7) is 1.86. The maximum Gasteiger partial charge on any atom is 0.418 e. The van der Waals surface area contributed by atoms with E-state index in [0.29, 0.717) is 11.9 Å². The van der Waals surface area contributed by atoms with Gasteiger partial charge in [-0.3, -0.25) is 9.78 Å². The first-order chi connectivity index (χ1) is 14.8. The molecule has 4 aromatic rings. The number of aromatic nitrogens is 5. The fourth-order valence-corrected chi connectivity index (χ4v) is 2.91. The van der Waals surface area contributed by atoms with Gasteiger partial charge in [-0.25, -0.2) is 4.68 Å². The van der Waals surface area contributed by atoms with Gasteiger partial charge in [0.2, 0.25) is 0 Å². The van der Waals surface area contributed by atoms with Crippen LogP contribution in [0.15, 0.2) is 67.4 Å². The molecule has 31 heavy (non-hydrogen) atoms. The number of alkyl halides is 3. The van der Waals surface area contributed by atoms with Crippen molar-refractivity contribution in [2.75, 3.05) is 5.32 Å². The van der Waals surface area contributed by atoms with E-state index in [1.54, 1.807) is 47.7 Å². The molecule has 0 radical (unpaired) electrons. The number of hydrogen-bond acceptors (Lipinski definition) is 5. The van der Waals surface area contributed by atoms with Crippen molar-refractivity contribution in [3.63, 3.8) is 0 Å². The number of pyridine rings is 1. The third kappa shape index (κ3) is 4.42. The van der Waals surface area contributed by atoms with E-state index in [9.17, 15) is 18.0 Å². The normalized spacial score (nSPS) is 11.4. The molecule has 1 N–H and O–H groups in total. The lowest BCUT2D eigenvalue weighted by molar-refractivity contribution is -0.137. The van der Waals surface area contributed by atoms with Gasteiger partial charge in [0, 0.05) is 35.3 Å². The standard InChI is InChI=1S/C21H15F3N6O/c1-13-4-5-14(20(31)28-19-8-17(11-26-29-19)21(22,23)24)7-18(13)30-12-16(10-27-30)15-3-2-6-25-9-15/h2-12H,1H3,(H,28,29,31). The lowest BCUT2D eigenvalue weighted by atomic mass is 10.1. The molecule has 3 heterocycles. The van der Waals surface area contributed by atoms with Crippen molar-refractivity contribution < 1.29 is 18.0 Å². The molecule has 0 fully saturated rings. The predicted octanol–water partition coefficient (Wildman–Crippen LogP) is 4.30. The summed E-state index contributed by atoms with van der Waals surface area (Å²) in [6.07, 6.45) is 2.89. The summed E-state index contributed by atoms with van der Waals surface area (Å²) in [7, 11) is 0. The Morgan fingerprint density at radius 3 is 2.65 bits per heavy atom. The Morgan fingerprint density at radius 2 is 1.90 bits per heavy atom. The van der Waals surface area contributed by atoms with Gasteiger partial charge in [0.1, 0.15) is 0 Å². The summed E-state index contributed by atoms with van der Waals surface area (Å²) in [5.41, 5.74) is 2.49. The minimum Gasteiger partial charge on any atom is -0.305 e. The highest BCUT2D eigenvalue weighted by Crippen LogP contribution is 2.29. The minimum atomic E-state index is -4.58. The number of hydrogen-bond donors (Lipinski definition) is 1. The summed E-state index contributed by atoms with van der Waals surface area (Å²) < 4.78 is 40.2. The van der Waals surface area contributed by atoms with Crippen molar-refractivity contribution in [1.82, 2.24) is 25.0 Å². The lowest BCUT2D eigenvalue weighted by Gasteiger charge is -2.10. The number of halogens is 3. The molecule has 1 amide bonds. The van der Waals surface area contributed by atoms with Crippen LogP contribution >= 0.6 is 0 Å². The van der Waals surface area contributed by atoms with Gasteiger partial charge in [0.25, 0.3) is 5.91 Å². The Kier molecular flexibility index (Phi) is 5.20. The Morgan fingerprint density at radius 1 is 1.06 bits per heavy atom. The molecule has 0 aliphatic carbocycles. The number of rotatable bonds is 4. The average Bonchev–Trinajstić information content (AvgIpc) is 3.24. The lowest BCUT2D eigenvalue weighted by Crippen LogP contribution is -2.15. The molecule has 3 aromatic heterocycles. The van der Waals surface area contributed by atoms with Crippen LogP contribution < -0.4 is 5.32 Å². The van der Waals surface area contributed by atoms with Crippen molar-refractivity contribution in [2.45, 2.75) is 13.1 Å². The maximum atomic E-state index is 12.8. The third-order valence-corrected chi connectivity index (χ3v) is 4.52. The second kappa shape index (κ2) is 7.98. The van der Waals surface area contributed by atoms with E-state index in [1.807, 2.05) is 19.1 Å². The molecule has 4 rings (SSSR count). The van der Waals surface area contributed by atoms with Gasteiger partial charge in [-0.15, -0.1) is 5.10 Å². The summed E-state index contributed by atoms with van der Waals surface area (Å²) in [5.74, 6) is -0.908. The third-order valence-electron chi connectivity index (χ3n) is 4.52. The highest BCUT2D eigenvalue weighted by Gasteiger charge is 2.31. The number of amides is 1. The molecule has 1 aromatic carbocycles. The highest BCUT2D eigenvalue weighted by molar-refractivity contribution is 6.04. The van der Waals surface area contributed by atoms with Gasteiger partial charge in [-0.1, -0.05) is 12.1 Å². The van der Waals surface area contributed by atoms with E-state index in [2.05, 4.69) is 25.6 Å². The zero-order valence-electron chi connectivity index (χ0n) is 16.1. The molecule has 0 unspecified atom stereocenters. The van der Waals surface area contributed by atoms with Crippen molar-refractivity contribution in [1.29, 1.82) is 0 Å². The second-order valence-electron chi connectivity index (χ2n) is 6.70. The van der Waals surface area contributed by atoms with Crippen LogP contribution in [0.25, 0.3) is 16.8 Å². The van der Waals surface area contributed by atoms with Crippen molar-refractivity contribution in [3.05, 3.63) is 84.1 Å². The Bertz CT molecular complexity index is 1240. The fraction of sp³-hybridized carbons (Fsp3) is 0.0952. The molecule has 0 atom stereocenters. The molecule has 0 spiro atoms. The van der Waals surface area contributed by atoms with Gasteiger partial charge in [-0.2, -0.15) is 23.4 Å². The Hall–Kier alpha value is -4.08. The van der Waals surface area contributed by atoms with Crippen LogP contribution in [0.4, 0.5) is 19.0 Å². The van der Waals surface area contributed by atoms with Crippen LogP contribution in [0.2, 0.25) is 0 Å². The maximum absolute atomic E-state index is 12.8. The molecule has 0 aliphatic rings. The van der Waals surface area contributed by atoms with Crippen molar-refractivity contribution in [3.8, 4) is 16.8 Å². The monoisotopic (exact) mass is 424 g/mol. The van der Waals surface area contributed by atoms with Crippen LogP contribution in [0.1, 0.15) is 21.5 Å². The second-order valence-corrected chi connectivity index (χ2v) is 6.70. The smallest absolute Gasteiger partial charge is 0.305 e. The predicted molar refractivity (Wildman–Crippen MR) is 107 cm³/mol. The zero-order valence-corrected chi connectivity index (χ0v) is 16.1. The first-order valence-corrected chi connectivity index (χ1v) is 9.08. The number of aryl methyl sites for hydroxylation is 1. The topological polar surface area (TPSA) is 85.6 Å². The van der Waals surface area contributed by atoms with E-state index in [-0.39, 0.29) is 11.4 Å². The minimum absolute atomic E-state index is 0.234. The first-order valence-electron chi connectivity index (χ1n) is 9.08. The molecular formula is C21H15F3N6O. The quantitative estimate of drug-likeness (QED) is 0.528. The average molecular weight is 424 g/mol. The number of carbonyl (C=O) groups is 1. The molecule has 7 nitrogen and oxygen atoms in total. The number of nitrogens with one attached hydrogen (secondary N) is 1. The van der Waals surface area contributed by atoms with Crippen molar-refractivity contribution >= 4 is 11.7 Å². The van der Waals surface area contributed by atoms with Crippen LogP contribution in [0.5, 0.6) is 0 Å². The van der Waals surface area contributed by atoms with Crippen LogP contribution in [0, 0.1) is 6.92 Å². The van der Waals surface area contributed by atoms with Crippen LogP contribution in [0.3, 0.4) is 0 Å². The summed E-state index contributed by atoms with van der Waals surface area (Å²) in [5, 5.41) is 13.6. The molecule has 156 valence electrons. The molecule has 0 saturated carbocycles. The van der Waals surface area contributed by atoms with Gasteiger partial charge in [-0.05, 0) is 36.8 Å². The molecule has 0 aliphatic heterocycles. The van der Waals surface area contributed by atoms with Crippen molar-refractivity contribution in [2.24, 2.45) is 0 Å². The van der Waals surface area contributed by atoms with Crippen LogP contribution in [-0.4, -0.2) is 30.9 Å².